The Hall–Kier alpha value is -1.40. The summed E-state index contributed by atoms with van der Waals surface area (Å²) in [6, 6.07) is 4.15. The Morgan fingerprint density at radius 3 is 2.68 bits per heavy atom. The van der Waals surface area contributed by atoms with Crippen LogP contribution in [0.5, 0.6) is 0 Å². The number of rotatable bonds is 8. The highest BCUT2D eigenvalue weighted by molar-refractivity contribution is 7.90. The van der Waals surface area contributed by atoms with Gasteiger partial charge in [0.05, 0.1) is 5.25 Å². The summed E-state index contributed by atoms with van der Waals surface area (Å²) in [6.07, 6.45) is 3.97. The van der Waals surface area contributed by atoms with E-state index < -0.39 is 15.3 Å². The molecular weight excluding hydrogens is 336 g/mol. The minimum absolute atomic E-state index is 0.0166. The van der Waals surface area contributed by atoms with Gasteiger partial charge in [-0.05, 0) is 81.2 Å². The Kier molecular flexibility index (Phi) is 6.63. The van der Waals surface area contributed by atoms with Crippen molar-refractivity contribution in [3.05, 3.63) is 28.8 Å². The molecule has 0 saturated heterocycles. The van der Waals surface area contributed by atoms with Crippen LogP contribution in [0.1, 0.15) is 69.1 Å². The molecule has 1 unspecified atom stereocenters. The molecule has 2 N–H and O–H groups in total. The van der Waals surface area contributed by atoms with Crippen LogP contribution in [0.4, 0.5) is 5.69 Å². The van der Waals surface area contributed by atoms with Crippen molar-refractivity contribution in [3.8, 4) is 0 Å². The molecule has 1 amide bonds. The van der Waals surface area contributed by atoms with Crippen LogP contribution in [0.2, 0.25) is 0 Å². The average molecular weight is 367 g/mol. The molecule has 0 spiro atoms. The van der Waals surface area contributed by atoms with Crippen LogP contribution in [-0.2, 0) is 21.2 Å². The minimum atomic E-state index is -3.21. The number of benzene rings is 1. The van der Waals surface area contributed by atoms with Gasteiger partial charge in [0.1, 0.15) is 0 Å². The molecule has 1 aliphatic rings. The van der Waals surface area contributed by atoms with E-state index in [4.69, 9.17) is 0 Å². The third-order valence-electron chi connectivity index (χ3n) is 4.85. The topological polar surface area (TPSA) is 75.3 Å². The quantitative estimate of drug-likeness (QED) is 0.692. The van der Waals surface area contributed by atoms with Crippen molar-refractivity contribution in [1.29, 1.82) is 0 Å². The van der Waals surface area contributed by atoms with Crippen LogP contribution in [0.15, 0.2) is 12.1 Å². The zero-order valence-corrected chi connectivity index (χ0v) is 16.5. The molecular formula is C19H30N2O3S. The largest absolute Gasteiger partial charge is 0.326 e. The Morgan fingerprint density at radius 1 is 1.28 bits per heavy atom. The minimum Gasteiger partial charge on any atom is -0.326 e. The van der Waals surface area contributed by atoms with E-state index in [0.717, 1.165) is 12.1 Å². The zero-order chi connectivity index (χ0) is 18.6. The summed E-state index contributed by atoms with van der Waals surface area (Å²) in [5.41, 5.74) is 4.91. The SMILES string of the molecule is Cc1cc(NC(=O)CCCCNS(=O)(=O)C(C)C)cc2c1C(C)CC2. The van der Waals surface area contributed by atoms with Crippen molar-refractivity contribution in [2.75, 3.05) is 11.9 Å². The second-order valence-corrected chi connectivity index (χ2v) is 9.62. The number of fused-ring (bicyclic) bond motifs is 1. The fraction of sp³-hybridized carbons (Fsp3) is 0.632. The molecule has 25 heavy (non-hydrogen) atoms. The number of sulfonamides is 1. The number of anilines is 1. The van der Waals surface area contributed by atoms with E-state index in [9.17, 15) is 13.2 Å². The average Bonchev–Trinajstić information content (AvgIpc) is 2.88. The highest BCUT2D eigenvalue weighted by atomic mass is 32.2. The summed E-state index contributed by atoms with van der Waals surface area (Å²) >= 11 is 0. The van der Waals surface area contributed by atoms with Crippen molar-refractivity contribution in [2.45, 2.75) is 71.0 Å². The number of nitrogens with one attached hydrogen (secondary N) is 2. The number of amides is 1. The fourth-order valence-electron chi connectivity index (χ4n) is 3.39. The van der Waals surface area contributed by atoms with Crippen LogP contribution < -0.4 is 10.0 Å². The van der Waals surface area contributed by atoms with Gasteiger partial charge in [0.2, 0.25) is 15.9 Å². The standard InChI is InChI=1S/C19H30N2O3S/c1-13(2)25(23,24)20-10-6-5-7-18(22)21-17-11-15(4)19-14(3)8-9-16(19)12-17/h11-14,20H,5-10H2,1-4H3,(H,21,22). The predicted molar refractivity (Wildman–Crippen MR) is 102 cm³/mol. The first-order valence-corrected chi connectivity index (χ1v) is 10.7. The molecule has 2 rings (SSSR count). The van der Waals surface area contributed by atoms with Gasteiger partial charge in [0.25, 0.3) is 0 Å². The lowest BCUT2D eigenvalue weighted by Gasteiger charge is -2.13. The molecule has 0 heterocycles. The molecule has 1 atom stereocenters. The van der Waals surface area contributed by atoms with E-state index in [1.165, 1.54) is 23.1 Å². The summed E-state index contributed by atoms with van der Waals surface area (Å²) in [4.78, 5) is 12.1. The maximum Gasteiger partial charge on any atom is 0.224 e. The van der Waals surface area contributed by atoms with Gasteiger partial charge in [0, 0.05) is 18.7 Å². The summed E-state index contributed by atoms with van der Waals surface area (Å²) in [6.45, 7) is 8.04. The van der Waals surface area contributed by atoms with Crippen LogP contribution in [0, 0.1) is 6.92 Å². The molecule has 0 bridgehead atoms. The lowest BCUT2D eigenvalue weighted by atomic mass is 9.97. The van der Waals surface area contributed by atoms with Crippen molar-refractivity contribution >= 4 is 21.6 Å². The smallest absolute Gasteiger partial charge is 0.224 e. The van der Waals surface area contributed by atoms with Gasteiger partial charge >= 0.3 is 0 Å². The van der Waals surface area contributed by atoms with Gasteiger partial charge in [-0.1, -0.05) is 6.92 Å². The third-order valence-corrected chi connectivity index (χ3v) is 6.70. The second kappa shape index (κ2) is 8.32. The molecule has 1 aromatic rings. The predicted octanol–water partition coefficient (Wildman–Crippen LogP) is 3.48. The number of carbonyl (C=O) groups excluding carboxylic acids is 1. The highest BCUT2D eigenvalue weighted by Gasteiger charge is 2.21. The van der Waals surface area contributed by atoms with E-state index in [2.05, 4.69) is 36.0 Å². The zero-order valence-electron chi connectivity index (χ0n) is 15.7. The third kappa shape index (κ3) is 5.28. The van der Waals surface area contributed by atoms with Crippen molar-refractivity contribution in [1.82, 2.24) is 4.72 Å². The van der Waals surface area contributed by atoms with Crippen molar-refractivity contribution < 1.29 is 13.2 Å². The van der Waals surface area contributed by atoms with Crippen molar-refractivity contribution in [2.24, 2.45) is 0 Å². The lowest BCUT2D eigenvalue weighted by Crippen LogP contribution is -2.31. The van der Waals surface area contributed by atoms with Gasteiger partial charge < -0.3 is 5.32 Å². The number of unbranched alkanes of at least 4 members (excludes halogenated alkanes) is 1. The summed E-state index contributed by atoms with van der Waals surface area (Å²) in [7, 11) is -3.21. The number of hydrogen-bond acceptors (Lipinski definition) is 3. The number of hydrogen-bond donors (Lipinski definition) is 2. The molecule has 0 saturated carbocycles. The summed E-state index contributed by atoms with van der Waals surface area (Å²) in [5, 5.41) is 2.55. The molecule has 0 aliphatic heterocycles. The van der Waals surface area contributed by atoms with Gasteiger partial charge in [-0.2, -0.15) is 0 Å². The Labute approximate surface area is 151 Å². The molecule has 6 heteroatoms. The highest BCUT2D eigenvalue weighted by Crippen LogP contribution is 2.36. The normalized spacial score (nSPS) is 16.9. The number of aryl methyl sites for hydroxylation is 2. The van der Waals surface area contributed by atoms with Gasteiger partial charge in [-0.25, -0.2) is 13.1 Å². The first-order chi connectivity index (χ1) is 11.7. The van der Waals surface area contributed by atoms with E-state index in [1.807, 2.05) is 0 Å². The van der Waals surface area contributed by atoms with Crippen LogP contribution >= 0.6 is 0 Å². The monoisotopic (exact) mass is 366 g/mol. The van der Waals surface area contributed by atoms with Gasteiger partial charge in [-0.3, -0.25) is 4.79 Å². The van der Waals surface area contributed by atoms with Crippen LogP contribution in [0.25, 0.3) is 0 Å². The first kappa shape index (κ1) is 19.9. The summed E-state index contributed by atoms with van der Waals surface area (Å²) in [5.74, 6) is 0.589. The maximum absolute atomic E-state index is 12.1. The number of carbonyl (C=O) groups is 1. The van der Waals surface area contributed by atoms with Crippen LogP contribution in [-0.4, -0.2) is 26.1 Å². The van der Waals surface area contributed by atoms with Crippen LogP contribution in [0.3, 0.4) is 0 Å². The lowest BCUT2D eigenvalue weighted by molar-refractivity contribution is -0.116. The molecule has 0 radical (unpaired) electrons. The molecule has 0 fully saturated rings. The summed E-state index contributed by atoms with van der Waals surface area (Å²) < 4.78 is 25.8. The molecule has 140 valence electrons. The Morgan fingerprint density at radius 2 is 2.00 bits per heavy atom. The Balaban J connectivity index is 1.77. The van der Waals surface area contributed by atoms with Crippen molar-refractivity contribution in [3.63, 3.8) is 0 Å². The molecule has 1 aromatic carbocycles. The second-order valence-electron chi connectivity index (χ2n) is 7.30. The van der Waals surface area contributed by atoms with E-state index in [0.29, 0.717) is 31.7 Å². The maximum atomic E-state index is 12.1. The first-order valence-electron chi connectivity index (χ1n) is 9.12. The Bertz CT molecular complexity index is 726. The van der Waals surface area contributed by atoms with E-state index in [1.54, 1.807) is 13.8 Å². The fourth-order valence-corrected chi connectivity index (χ4v) is 4.15. The molecule has 5 nitrogen and oxygen atoms in total. The van der Waals surface area contributed by atoms with Gasteiger partial charge in [-0.15, -0.1) is 0 Å². The van der Waals surface area contributed by atoms with E-state index in [-0.39, 0.29) is 5.91 Å². The van der Waals surface area contributed by atoms with E-state index >= 15 is 0 Å². The molecule has 1 aliphatic carbocycles. The van der Waals surface area contributed by atoms with Gasteiger partial charge in [0.15, 0.2) is 0 Å². The molecule has 0 aromatic heterocycles.